The quantitative estimate of drug-likeness (QED) is 0.722. The standard InChI is InChI=1S/C19H14F2N4O/c20-13-6-7-15(16(21)10-13)19-23-17(11-22-24-19)12-3-1-4-14(9-12)25-8-2-5-18(25)26/h1,3-4,6-7,9-11H,2,5,8H2. The lowest BCUT2D eigenvalue weighted by atomic mass is 10.1. The third-order valence-electron chi connectivity index (χ3n) is 4.26. The van der Waals surface area contributed by atoms with Crippen molar-refractivity contribution in [2.24, 2.45) is 0 Å². The number of carbonyl (C=O) groups is 1. The maximum Gasteiger partial charge on any atom is 0.227 e. The fourth-order valence-electron chi connectivity index (χ4n) is 2.98. The van der Waals surface area contributed by atoms with E-state index in [0.717, 1.165) is 29.8 Å². The zero-order chi connectivity index (χ0) is 18.1. The number of halogens is 2. The largest absolute Gasteiger partial charge is 0.312 e. The van der Waals surface area contributed by atoms with E-state index >= 15 is 0 Å². The van der Waals surface area contributed by atoms with Crippen molar-refractivity contribution in [2.45, 2.75) is 12.8 Å². The van der Waals surface area contributed by atoms with Crippen LogP contribution in [0, 0.1) is 11.6 Å². The Hall–Kier alpha value is -3.22. The molecule has 0 saturated carbocycles. The zero-order valence-electron chi connectivity index (χ0n) is 13.7. The minimum absolute atomic E-state index is 0.0719. The van der Waals surface area contributed by atoms with Crippen LogP contribution in [0.1, 0.15) is 12.8 Å². The van der Waals surface area contributed by atoms with E-state index in [2.05, 4.69) is 15.2 Å². The van der Waals surface area contributed by atoms with E-state index in [0.29, 0.717) is 18.7 Å². The van der Waals surface area contributed by atoms with Crippen LogP contribution in [0.25, 0.3) is 22.6 Å². The van der Waals surface area contributed by atoms with Crippen molar-refractivity contribution in [3.63, 3.8) is 0 Å². The molecule has 1 saturated heterocycles. The number of aromatic nitrogens is 3. The van der Waals surface area contributed by atoms with Gasteiger partial charge in [-0.25, -0.2) is 13.8 Å². The summed E-state index contributed by atoms with van der Waals surface area (Å²) in [5.41, 5.74) is 2.10. The Balaban J connectivity index is 1.72. The molecule has 0 N–H and O–H groups in total. The van der Waals surface area contributed by atoms with Crippen molar-refractivity contribution in [1.82, 2.24) is 15.2 Å². The van der Waals surface area contributed by atoms with E-state index in [1.54, 1.807) is 4.90 Å². The third kappa shape index (κ3) is 3.03. The Morgan fingerprint density at radius 3 is 2.73 bits per heavy atom. The zero-order valence-corrected chi connectivity index (χ0v) is 13.7. The molecule has 0 unspecified atom stereocenters. The van der Waals surface area contributed by atoms with Crippen molar-refractivity contribution in [3.8, 4) is 22.6 Å². The molecule has 0 aliphatic carbocycles. The van der Waals surface area contributed by atoms with Crippen LogP contribution < -0.4 is 4.90 Å². The second-order valence-corrected chi connectivity index (χ2v) is 5.99. The van der Waals surface area contributed by atoms with Gasteiger partial charge in [0.2, 0.25) is 5.91 Å². The second kappa shape index (κ2) is 6.59. The first-order valence-corrected chi connectivity index (χ1v) is 8.18. The van der Waals surface area contributed by atoms with Crippen molar-refractivity contribution < 1.29 is 13.6 Å². The monoisotopic (exact) mass is 352 g/mol. The molecular formula is C19H14F2N4O. The molecule has 4 rings (SSSR count). The maximum absolute atomic E-state index is 14.0. The molecule has 5 nitrogen and oxygen atoms in total. The highest BCUT2D eigenvalue weighted by atomic mass is 19.1. The predicted octanol–water partition coefficient (Wildman–Crippen LogP) is 3.61. The fraction of sp³-hybridized carbons (Fsp3) is 0.158. The van der Waals surface area contributed by atoms with Crippen LogP contribution in [0.15, 0.2) is 48.7 Å². The molecule has 1 fully saturated rings. The molecule has 0 bridgehead atoms. The Labute approximate surface area is 148 Å². The number of carbonyl (C=O) groups excluding carboxylic acids is 1. The fourth-order valence-corrected chi connectivity index (χ4v) is 2.98. The van der Waals surface area contributed by atoms with Gasteiger partial charge in [-0.05, 0) is 30.7 Å². The third-order valence-corrected chi connectivity index (χ3v) is 4.26. The smallest absolute Gasteiger partial charge is 0.227 e. The first-order valence-electron chi connectivity index (χ1n) is 8.18. The first-order chi connectivity index (χ1) is 12.6. The summed E-state index contributed by atoms with van der Waals surface area (Å²) in [5.74, 6) is -1.25. The van der Waals surface area contributed by atoms with Gasteiger partial charge in [0.15, 0.2) is 5.82 Å². The molecule has 2 aromatic carbocycles. The van der Waals surface area contributed by atoms with E-state index in [1.807, 2.05) is 24.3 Å². The summed E-state index contributed by atoms with van der Waals surface area (Å²) in [6.45, 7) is 0.691. The van der Waals surface area contributed by atoms with Gasteiger partial charge in [0.25, 0.3) is 0 Å². The van der Waals surface area contributed by atoms with E-state index in [4.69, 9.17) is 0 Å². The van der Waals surface area contributed by atoms with Gasteiger partial charge in [0.1, 0.15) is 11.6 Å². The molecule has 7 heteroatoms. The summed E-state index contributed by atoms with van der Waals surface area (Å²) >= 11 is 0. The second-order valence-electron chi connectivity index (χ2n) is 5.99. The van der Waals surface area contributed by atoms with Gasteiger partial charge in [-0.3, -0.25) is 4.79 Å². The summed E-state index contributed by atoms with van der Waals surface area (Å²) < 4.78 is 27.1. The highest BCUT2D eigenvalue weighted by Gasteiger charge is 2.22. The number of benzene rings is 2. The molecule has 0 spiro atoms. The number of hydrogen-bond acceptors (Lipinski definition) is 4. The Morgan fingerprint density at radius 1 is 1.08 bits per heavy atom. The molecule has 1 aromatic heterocycles. The number of nitrogens with zero attached hydrogens (tertiary/aromatic N) is 4. The van der Waals surface area contributed by atoms with Crippen LogP contribution in [0.4, 0.5) is 14.5 Å². The number of anilines is 1. The summed E-state index contributed by atoms with van der Waals surface area (Å²) in [6.07, 6.45) is 2.86. The Morgan fingerprint density at radius 2 is 1.96 bits per heavy atom. The predicted molar refractivity (Wildman–Crippen MR) is 92.2 cm³/mol. The van der Waals surface area contributed by atoms with Crippen LogP contribution in [0.2, 0.25) is 0 Å². The van der Waals surface area contributed by atoms with Crippen LogP contribution in [0.5, 0.6) is 0 Å². The molecule has 26 heavy (non-hydrogen) atoms. The summed E-state index contributed by atoms with van der Waals surface area (Å²) in [5, 5.41) is 7.74. The normalized spacial score (nSPS) is 14.1. The highest BCUT2D eigenvalue weighted by Crippen LogP contribution is 2.27. The lowest BCUT2D eigenvalue weighted by Gasteiger charge is -2.16. The topological polar surface area (TPSA) is 59.0 Å². The summed E-state index contributed by atoms with van der Waals surface area (Å²) in [6, 6.07) is 10.6. The summed E-state index contributed by atoms with van der Waals surface area (Å²) in [4.78, 5) is 18.0. The van der Waals surface area contributed by atoms with E-state index in [9.17, 15) is 13.6 Å². The lowest BCUT2D eigenvalue weighted by molar-refractivity contribution is -0.117. The van der Waals surface area contributed by atoms with Crippen molar-refractivity contribution >= 4 is 11.6 Å². The average molecular weight is 352 g/mol. The molecule has 1 aliphatic heterocycles. The van der Waals surface area contributed by atoms with Crippen molar-refractivity contribution in [2.75, 3.05) is 11.4 Å². The lowest BCUT2D eigenvalue weighted by Crippen LogP contribution is -2.23. The number of rotatable bonds is 3. The molecule has 2 heterocycles. The molecular weight excluding hydrogens is 338 g/mol. The SMILES string of the molecule is O=C1CCCN1c1cccc(-c2cnnc(-c3ccc(F)cc3F)n2)c1. The van der Waals surface area contributed by atoms with Crippen molar-refractivity contribution in [1.29, 1.82) is 0 Å². The molecule has 3 aromatic rings. The van der Waals surface area contributed by atoms with E-state index in [1.165, 1.54) is 12.3 Å². The van der Waals surface area contributed by atoms with Gasteiger partial charge in [-0.2, -0.15) is 5.10 Å². The number of hydrogen-bond donors (Lipinski definition) is 0. The van der Waals surface area contributed by atoms with Gasteiger partial charge in [0, 0.05) is 30.3 Å². The maximum atomic E-state index is 14.0. The Bertz CT molecular complexity index is 993. The number of amides is 1. The Kier molecular flexibility index (Phi) is 4.12. The highest BCUT2D eigenvalue weighted by molar-refractivity contribution is 5.95. The van der Waals surface area contributed by atoms with E-state index in [-0.39, 0.29) is 17.3 Å². The van der Waals surface area contributed by atoms with E-state index < -0.39 is 11.6 Å². The molecule has 1 amide bonds. The molecule has 0 radical (unpaired) electrons. The molecule has 130 valence electrons. The minimum atomic E-state index is -0.750. The van der Waals surface area contributed by atoms with Crippen LogP contribution in [-0.4, -0.2) is 27.6 Å². The van der Waals surface area contributed by atoms with Crippen LogP contribution in [-0.2, 0) is 4.79 Å². The van der Waals surface area contributed by atoms with Gasteiger partial charge in [-0.1, -0.05) is 12.1 Å². The van der Waals surface area contributed by atoms with Crippen molar-refractivity contribution in [3.05, 3.63) is 60.3 Å². The van der Waals surface area contributed by atoms with Gasteiger partial charge < -0.3 is 4.90 Å². The van der Waals surface area contributed by atoms with Gasteiger partial charge in [-0.15, -0.1) is 5.10 Å². The van der Waals surface area contributed by atoms with Gasteiger partial charge in [0.05, 0.1) is 17.5 Å². The van der Waals surface area contributed by atoms with Crippen LogP contribution >= 0.6 is 0 Å². The molecule has 0 atom stereocenters. The minimum Gasteiger partial charge on any atom is -0.312 e. The summed E-state index contributed by atoms with van der Waals surface area (Å²) in [7, 11) is 0. The molecule has 1 aliphatic rings. The van der Waals surface area contributed by atoms with Gasteiger partial charge >= 0.3 is 0 Å². The average Bonchev–Trinajstić information content (AvgIpc) is 3.08. The first kappa shape index (κ1) is 16.3. The van der Waals surface area contributed by atoms with Crippen LogP contribution in [0.3, 0.4) is 0 Å².